The van der Waals surface area contributed by atoms with E-state index in [1.807, 2.05) is 0 Å². The molecule has 0 aliphatic rings. The number of anilines is 1. The number of hydrogen-bond donors (Lipinski definition) is 1. The lowest BCUT2D eigenvalue weighted by molar-refractivity contribution is 0.101. The molecule has 1 N–H and O–H groups in total. The van der Waals surface area contributed by atoms with Gasteiger partial charge in [-0.15, -0.1) is 0 Å². The molecule has 0 saturated heterocycles. The number of nitrogens with one attached hydrogen (secondary N) is 1. The molecule has 0 fully saturated rings. The van der Waals surface area contributed by atoms with E-state index in [9.17, 15) is 14.4 Å². The number of aromatic nitrogens is 1. The number of benzene rings is 1. The van der Waals surface area contributed by atoms with Crippen molar-refractivity contribution in [1.29, 1.82) is 0 Å². The van der Waals surface area contributed by atoms with Crippen LogP contribution in [0.25, 0.3) is 0 Å². The van der Waals surface area contributed by atoms with Crippen molar-refractivity contribution in [2.24, 2.45) is 7.05 Å². The topological polar surface area (TPSA) is 68.2 Å². The molecular formula is C15H14N2O3. The second-order valence-electron chi connectivity index (χ2n) is 4.45. The van der Waals surface area contributed by atoms with Gasteiger partial charge in [-0.05, 0) is 37.3 Å². The zero-order valence-electron chi connectivity index (χ0n) is 11.2. The third-order valence-electron chi connectivity index (χ3n) is 2.90. The van der Waals surface area contributed by atoms with Crippen molar-refractivity contribution in [3.05, 3.63) is 64.1 Å². The number of amides is 1. The highest BCUT2D eigenvalue weighted by atomic mass is 16.2. The van der Waals surface area contributed by atoms with Gasteiger partial charge in [0, 0.05) is 30.6 Å². The van der Waals surface area contributed by atoms with E-state index < -0.39 is 0 Å². The highest BCUT2D eigenvalue weighted by Crippen LogP contribution is 2.11. The van der Waals surface area contributed by atoms with Crippen molar-refractivity contribution in [2.75, 3.05) is 5.32 Å². The van der Waals surface area contributed by atoms with Crippen LogP contribution in [0, 0.1) is 0 Å². The standard InChI is InChI=1S/C15H14N2O3/c1-10(18)11-3-6-13(7-4-11)16-15(20)12-5-8-14(19)17(2)9-12/h3-9H,1-2H3,(H,16,20). The fourth-order valence-electron chi connectivity index (χ4n) is 1.72. The first-order chi connectivity index (χ1) is 9.47. The number of pyridine rings is 1. The summed E-state index contributed by atoms with van der Waals surface area (Å²) in [7, 11) is 1.58. The summed E-state index contributed by atoms with van der Waals surface area (Å²) in [6, 6.07) is 9.44. The highest BCUT2D eigenvalue weighted by Gasteiger charge is 2.07. The van der Waals surface area contributed by atoms with Crippen LogP contribution in [0.2, 0.25) is 0 Å². The Morgan fingerprint density at radius 2 is 1.60 bits per heavy atom. The summed E-state index contributed by atoms with van der Waals surface area (Å²) in [5.74, 6) is -0.336. The SMILES string of the molecule is CC(=O)c1ccc(NC(=O)c2ccc(=O)n(C)c2)cc1. The number of nitrogens with zero attached hydrogens (tertiary/aromatic N) is 1. The van der Waals surface area contributed by atoms with Crippen molar-refractivity contribution in [3.8, 4) is 0 Å². The van der Waals surface area contributed by atoms with E-state index in [0.717, 1.165) is 0 Å². The second kappa shape index (κ2) is 5.52. The Morgan fingerprint density at radius 3 is 2.15 bits per heavy atom. The fourth-order valence-corrected chi connectivity index (χ4v) is 1.72. The molecule has 0 spiro atoms. The molecule has 0 bridgehead atoms. The van der Waals surface area contributed by atoms with Crippen LogP contribution in [0.4, 0.5) is 5.69 Å². The largest absolute Gasteiger partial charge is 0.322 e. The molecule has 5 nitrogen and oxygen atoms in total. The van der Waals surface area contributed by atoms with Crippen molar-refractivity contribution < 1.29 is 9.59 Å². The van der Waals surface area contributed by atoms with Gasteiger partial charge in [-0.3, -0.25) is 14.4 Å². The molecule has 0 saturated carbocycles. The molecule has 20 heavy (non-hydrogen) atoms. The van der Waals surface area contributed by atoms with E-state index in [4.69, 9.17) is 0 Å². The van der Waals surface area contributed by atoms with Crippen molar-refractivity contribution in [2.45, 2.75) is 6.92 Å². The molecule has 2 aromatic rings. The van der Waals surface area contributed by atoms with Gasteiger partial charge in [-0.25, -0.2) is 0 Å². The van der Waals surface area contributed by atoms with Gasteiger partial charge >= 0.3 is 0 Å². The summed E-state index contributed by atoms with van der Waals surface area (Å²) in [4.78, 5) is 34.4. The normalized spacial score (nSPS) is 10.1. The number of aryl methyl sites for hydroxylation is 1. The van der Waals surface area contributed by atoms with E-state index in [2.05, 4.69) is 5.32 Å². The van der Waals surface area contributed by atoms with E-state index in [0.29, 0.717) is 16.8 Å². The summed E-state index contributed by atoms with van der Waals surface area (Å²) in [6.45, 7) is 1.48. The summed E-state index contributed by atoms with van der Waals surface area (Å²) in [5.41, 5.74) is 1.40. The van der Waals surface area contributed by atoms with Crippen LogP contribution in [0.3, 0.4) is 0 Å². The lowest BCUT2D eigenvalue weighted by Gasteiger charge is -2.06. The van der Waals surface area contributed by atoms with Gasteiger partial charge in [0.2, 0.25) is 5.56 Å². The number of Topliss-reactive ketones (excluding diaryl/α,β-unsaturated/α-hetero) is 1. The van der Waals surface area contributed by atoms with E-state index >= 15 is 0 Å². The third kappa shape index (κ3) is 3.00. The van der Waals surface area contributed by atoms with Crippen LogP contribution in [0.5, 0.6) is 0 Å². The molecule has 1 amide bonds. The molecule has 0 aliphatic heterocycles. The number of hydrogen-bond acceptors (Lipinski definition) is 3. The van der Waals surface area contributed by atoms with Gasteiger partial charge in [0.1, 0.15) is 0 Å². The van der Waals surface area contributed by atoms with Crippen molar-refractivity contribution in [3.63, 3.8) is 0 Å². The maximum atomic E-state index is 12.0. The number of ketones is 1. The first-order valence-electron chi connectivity index (χ1n) is 6.06. The summed E-state index contributed by atoms with van der Waals surface area (Å²) < 4.78 is 1.34. The Balaban J connectivity index is 2.16. The van der Waals surface area contributed by atoms with Crippen LogP contribution in [0.15, 0.2) is 47.4 Å². The van der Waals surface area contributed by atoms with Gasteiger partial charge in [-0.2, -0.15) is 0 Å². The zero-order valence-corrected chi connectivity index (χ0v) is 11.2. The first-order valence-corrected chi connectivity index (χ1v) is 6.06. The van der Waals surface area contributed by atoms with Crippen molar-refractivity contribution in [1.82, 2.24) is 4.57 Å². The van der Waals surface area contributed by atoms with Gasteiger partial charge < -0.3 is 9.88 Å². The molecule has 2 rings (SSSR count). The van der Waals surface area contributed by atoms with Crippen LogP contribution in [0.1, 0.15) is 27.6 Å². The fraction of sp³-hybridized carbons (Fsp3) is 0.133. The quantitative estimate of drug-likeness (QED) is 0.865. The molecule has 1 aromatic heterocycles. The zero-order chi connectivity index (χ0) is 14.7. The van der Waals surface area contributed by atoms with Crippen LogP contribution in [-0.2, 0) is 7.05 Å². The van der Waals surface area contributed by atoms with Crippen molar-refractivity contribution >= 4 is 17.4 Å². The van der Waals surface area contributed by atoms with Gasteiger partial charge in [0.25, 0.3) is 5.91 Å². The van der Waals surface area contributed by atoms with Crippen LogP contribution < -0.4 is 10.9 Å². The Labute approximate surface area is 115 Å². The summed E-state index contributed by atoms with van der Waals surface area (Å²) >= 11 is 0. The molecular weight excluding hydrogens is 256 g/mol. The minimum absolute atomic E-state index is 0.0269. The predicted molar refractivity (Wildman–Crippen MR) is 76.1 cm³/mol. The molecule has 1 aromatic carbocycles. The Kier molecular flexibility index (Phi) is 3.79. The molecule has 102 valence electrons. The maximum Gasteiger partial charge on any atom is 0.257 e. The maximum absolute atomic E-state index is 12.0. The van der Waals surface area contributed by atoms with Gasteiger partial charge in [0.05, 0.1) is 5.56 Å². The Hall–Kier alpha value is -2.69. The number of rotatable bonds is 3. The molecule has 0 unspecified atom stereocenters. The lowest BCUT2D eigenvalue weighted by Crippen LogP contribution is -2.19. The van der Waals surface area contributed by atoms with Gasteiger partial charge in [0.15, 0.2) is 5.78 Å². The smallest absolute Gasteiger partial charge is 0.257 e. The molecule has 5 heteroatoms. The number of carbonyl (C=O) groups is 2. The van der Waals surface area contributed by atoms with Gasteiger partial charge in [-0.1, -0.05) is 0 Å². The van der Waals surface area contributed by atoms with E-state index in [1.54, 1.807) is 31.3 Å². The summed E-state index contributed by atoms with van der Waals surface area (Å²) in [6.07, 6.45) is 1.47. The van der Waals surface area contributed by atoms with Crippen LogP contribution in [-0.4, -0.2) is 16.3 Å². The molecule has 1 heterocycles. The summed E-state index contributed by atoms with van der Waals surface area (Å²) in [5, 5.41) is 2.71. The van der Waals surface area contributed by atoms with E-state index in [-0.39, 0.29) is 17.2 Å². The predicted octanol–water partition coefficient (Wildman–Crippen LogP) is 1.84. The number of carbonyl (C=O) groups excluding carboxylic acids is 2. The average Bonchev–Trinajstić information content (AvgIpc) is 2.42. The minimum atomic E-state index is -0.309. The third-order valence-corrected chi connectivity index (χ3v) is 2.90. The molecule has 0 radical (unpaired) electrons. The van der Waals surface area contributed by atoms with Crippen LogP contribution >= 0.6 is 0 Å². The first kappa shape index (κ1) is 13.7. The minimum Gasteiger partial charge on any atom is -0.322 e. The van der Waals surface area contributed by atoms with E-state index in [1.165, 1.54) is 29.8 Å². The Bertz CT molecular complexity index is 715. The highest BCUT2D eigenvalue weighted by molar-refractivity contribution is 6.04. The molecule has 0 aliphatic carbocycles. The average molecular weight is 270 g/mol. The monoisotopic (exact) mass is 270 g/mol. The second-order valence-corrected chi connectivity index (χ2v) is 4.45. The molecule has 0 atom stereocenters. The Morgan fingerprint density at radius 1 is 1.00 bits per heavy atom. The lowest BCUT2D eigenvalue weighted by atomic mass is 10.1.